The van der Waals surface area contributed by atoms with E-state index in [2.05, 4.69) is 10.6 Å². The van der Waals surface area contributed by atoms with Crippen molar-refractivity contribution in [2.75, 3.05) is 25.0 Å². The van der Waals surface area contributed by atoms with Crippen molar-refractivity contribution in [3.63, 3.8) is 0 Å². The molecule has 1 aromatic rings. The Hall–Kier alpha value is -0.940. The Balaban J connectivity index is 2.77. The van der Waals surface area contributed by atoms with Crippen molar-refractivity contribution in [3.05, 3.63) is 28.8 Å². The van der Waals surface area contributed by atoms with Crippen LogP contribution in [-0.2, 0) is 6.18 Å². The van der Waals surface area contributed by atoms with Gasteiger partial charge in [0.2, 0.25) is 0 Å². The lowest BCUT2D eigenvalue weighted by Crippen LogP contribution is -2.22. The fourth-order valence-electron chi connectivity index (χ4n) is 1.37. The van der Waals surface area contributed by atoms with Gasteiger partial charge in [0.25, 0.3) is 0 Å². The second-order valence-electron chi connectivity index (χ2n) is 3.47. The molecule has 0 heterocycles. The van der Waals surface area contributed by atoms with Gasteiger partial charge in [-0.3, -0.25) is 0 Å². The molecule has 0 saturated heterocycles. The van der Waals surface area contributed by atoms with E-state index in [0.29, 0.717) is 13.1 Å². The summed E-state index contributed by atoms with van der Waals surface area (Å²) in [4.78, 5) is 0. The Labute approximate surface area is 103 Å². The molecule has 0 fully saturated rings. The highest BCUT2D eigenvalue weighted by Crippen LogP contribution is 2.36. The van der Waals surface area contributed by atoms with Gasteiger partial charge in [-0.15, -0.1) is 0 Å². The Morgan fingerprint density at radius 2 is 1.94 bits per heavy atom. The molecular formula is C11H14ClF3N2. The maximum absolute atomic E-state index is 12.7. The predicted molar refractivity (Wildman–Crippen MR) is 63.5 cm³/mol. The summed E-state index contributed by atoms with van der Waals surface area (Å²) in [5.41, 5.74) is -0.679. The molecule has 0 aromatic heterocycles. The highest BCUT2D eigenvalue weighted by Gasteiger charge is 2.33. The molecule has 2 N–H and O–H groups in total. The summed E-state index contributed by atoms with van der Waals surface area (Å²) < 4.78 is 38.1. The van der Waals surface area contributed by atoms with Gasteiger partial charge in [-0.25, -0.2) is 0 Å². The average molecular weight is 267 g/mol. The number of alkyl halides is 3. The fourth-order valence-corrected chi connectivity index (χ4v) is 1.54. The van der Waals surface area contributed by atoms with Gasteiger partial charge in [0, 0.05) is 23.8 Å². The van der Waals surface area contributed by atoms with Crippen LogP contribution in [0.25, 0.3) is 0 Å². The molecule has 96 valence electrons. The van der Waals surface area contributed by atoms with E-state index in [9.17, 15) is 13.2 Å². The number of hydrogen-bond donors (Lipinski definition) is 2. The fraction of sp³-hybridized carbons (Fsp3) is 0.455. The monoisotopic (exact) mass is 266 g/mol. The molecule has 1 aromatic carbocycles. The van der Waals surface area contributed by atoms with Crippen molar-refractivity contribution in [1.82, 2.24) is 5.32 Å². The molecule has 0 aliphatic heterocycles. The number of rotatable bonds is 5. The molecule has 0 aliphatic carbocycles. The topological polar surface area (TPSA) is 24.1 Å². The number of anilines is 1. The van der Waals surface area contributed by atoms with Crippen LogP contribution in [0.1, 0.15) is 12.5 Å². The summed E-state index contributed by atoms with van der Waals surface area (Å²) in [7, 11) is 0. The first kappa shape index (κ1) is 14.1. The van der Waals surface area contributed by atoms with Crippen LogP contribution in [0.4, 0.5) is 18.9 Å². The van der Waals surface area contributed by atoms with Crippen LogP contribution < -0.4 is 10.6 Å². The van der Waals surface area contributed by atoms with Crippen molar-refractivity contribution >= 4 is 17.3 Å². The lowest BCUT2D eigenvalue weighted by molar-refractivity contribution is -0.136. The van der Waals surface area contributed by atoms with E-state index in [4.69, 9.17) is 11.6 Å². The molecule has 0 spiro atoms. The van der Waals surface area contributed by atoms with E-state index < -0.39 is 11.7 Å². The van der Waals surface area contributed by atoms with Crippen LogP contribution in [0, 0.1) is 0 Å². The number of nitrogens with one attached hydrogen (secondary N) is 2. The Kier molecular flexibility index (Phi) is 5.08. The van der Waals surface area contributed by atoms with Crippen LogP contribution in [0.2, 0.25) is 5.02 Å². The molecule has 0 unspecified atom stereocenters. The molecular weight excluding hydrogens is 253 g/mol. The van der Waals surface area contributed by atoms with Gasteiger partial charge >= 0.3 is 6.18 Å². The Bertz CT molecular complexity index is 366. The first-order valence-corrected chi connectivity index (χ1v) is 5.64. The third-order valence-electron chi connectivity index (χ3n) is 2.15. The number of hydrogen-bond acceptors (Lipinski definition) is 2. The van der Waals surface area contributed by atoms with E-state index in [1.165, 1.54) is 12.1 Å². The predicted octanol–water partition coefficient (Wildman–Crippen LogP) is 3.38. The second kappa shape index (κ2) is 6.12. The van der Waals surface area contributed by atoms with Gasteiger partial charge in [-0.1, -0.05) is 18.5 Å². The third-order valence-corrected chi connectivity index (χ3v) is 2.39. The maximum atomic E-state index is 12.7. The molecule has 17 heavy (non-hydrogen) atoms. The molecule has 0 aliphatic rings. The summed E-state index contributed by atoms with van der Waals surface area (Å²) in [6, 6.07) is 3.71. The zero-order valence-electron chi connectivity index (χ0n) is 9.37. The van der Waals surface area contributed by atoms with Crippen molar-refractivity contribution in [2.24, 2.45) is 0 Å². The van der Waals surface area contributed by atoms with Crippen LogP contribution in [-0.4, -0.2) is 19.6 Å². The van der Waals surface area contributed by atoms with Gasteiger partial charge in [-0.05, 0) is 24.7 Å². The SMILES string of the molecule is CCNCCNc1ccc(Cl)cc1C(F)(F)F. The van der Waals surface area contributed by atoms with E-state index in [1.54, 1.807) is 0 Å². The first-order chi connectivity index (χ1) is 7.95. The van der Waals surface area contributed by atoms with Crippen LogP contribution in [0.3, 0.4) is 0 Å². The summed E-state index contributed by atoms with van der Waals surface area (Å²) >= 11 is 5.57. The standard InChI is InChI=1S/C11H14ClF3N2/c1-2-16-5-6-17-10-4-3-8(12)7-9(10)11(13,14)15/h3-4,7,16-17H,2,5-6H2,1H3. The highest BCUT2D eigenvalue weighted by molar-refractivity contribution is 6.30. The van der Waals surface area contributed by atoms with Crippen molar-refractivity contribution in [3.8, 4) is 0 Å². The molecule has 6 heteroatoms. The van der Waals surface area contributed by atoms with Gasteiger partial charge in [-0.2, -0.15) is 13.2 Å². The summed E-state index contributed by atoms with van der Waals surface area (Å²) in [6.45, 7) is 3.76. The third kappa shape index (κ3) is 4.44. The molecule has 0 amide bonds. The van der Waals surface area contributed by atoms with E-state index >= 15 is 0 Å². The summed E-state index contributed by atoms with van der Waals surface area (Å²) in [5, 5.41) is 5.84. The molecule has 1 rings (SSSR count). The quantitative estimate of drug-likeness (QED) is 0.799. The number of halogens is 4. The lowest BCUT2D eigenvalue weighted by Gasteiger charge is -2.15. The lowest BCUT2D eigenvalue weighted by atomic mass is 10.1. The number of benzene rings is 1. The second-order valence-corrected chi connectivity index (χ2v) is 3.90. The zero-order chi connectivity index (χ0) is 12.9. The Morgan fingerprint density at radius 3 is 2.53 bits per heavy atom. The minimum absolute atomic E-state index is 0.0554. The highest BCUT2D eigenvalue weighted by atomic mass is 35.5. The molecule has 2 nitrogen and oxygen atoms in total. The van der Waals surface area contributed by atoms with E-state index in [-0.39, 0.29) is 10.7 Å². The van der Waals surface area contributed by atoms with Crippen molar-refractivity contribution in [2.45, 2.75) is 13.1 Å². The van der Waals surface area contributed by atoms with Crippen molar-refractivity contribution < 1.29 is 13.2 Å². The smallest absolute Gasteiger partial charge is 0.383 e. The molecule has 0 radical (unpaired) electrons. The van der Waals surface area contributed by atoms with E-state index in [1.807, 2.05) is 6.92 Å². The molecule has 0 atom stereocenters. The molecule has 0 bridgehead atoms. The summed E-state index contributed by atoms with van der Waals surface area (Å²) in [5.74, 6) is 0. The average Bonchev–Trinajstić information content (AvgIpc) is 2.25. The number of likely N-dealkylation sites (N-methyl/N-ethyl adjacent to an activating group) is 1. The van der Waals surface area contributed by atoms with E-state index in [0.717, 1.165) is 12.6 Å². The van der Waals surface area contributed by atoms with Gasteiger partial charge in [0.15, 0.2) is 0 Å². The van der Waals surface area contributed by atoms with Crippen molar-refractivity contribution in [1.29, 1.82) is 0 Å². The van der Waals surface area contributed by atoms with Gasteiger partial charge in [0.1, 0.15) is 0 Å². The zero-order valence-corrected chi connectivity index (χ0v) is 10.1. The van der Waals surface area contributed by atoms with Crippen LogP contribution >= 0.6 is 11.6 Å². The maximum Gasteiger partial charge on any atom is 0.418 e. The first-order valence-electron chi connectivity index (χ1n) is 5.26. The molecule has 0 saturated carbocycles. The largest absolute Gasteiger partial charge is 0.418 e. The van der Waals surface area contributed by atoms with Crippen LogP contribution in [0.5, 0.6) is 0 Å². The summed E-state index contributed by atoms with van der Waals surface area (Å²) in [6.07, 6.45) is -4.40. The van der Waals surface area contributed by atoms with Gasteiger partial charge in [0.05, 0.1) is 5.56 Å². The minimum atomic E-state index is -4.40. The van der Waals surface area contributed by atoms with Gasteiger partial charge < -0.3 is 10.6 Å². The normalized spacial score (nSPS) is 11.6. The van der Waals surface area contributed by atoms with Crippen LogP contribution in [0.15, 0.2) is 18.2 Å². The minimum Gasteiger partial charge on any atom is -0.383 e. The Morgan fingerprint density at radius 1 is 1.24 bits per heavy atom.